The molecule has 0 aliphatic carbocycles. The molecule has 6 nitrogen and oxygen atoms in total. The smallest absolute Gasteiger partial charge is 0.238 e. The van der Waals surface area contributed by atoms with E-state index >= 15 is 0 Å². The van der Waals surface area contributed by atoms with Gasteiger partial charge in [0.15, 0.2) is 0 Å². The number of carbonyl (C=O) groups excluding carboxylic acids is 1. The number of nitrogens with zero attached hydrogens (tertiary/aromatic N) is 1. The van der Waals surface area contributed by atoms with Crippen molar-refractivity contribution in [1.29, 1.82) is 0 Å². The standard InChI is InChI=1S/C14H17N3O3S/c1-17-7-6-12(10-17)8-14(18)16-9-11-2-4-13(5-3-11)21(15,19)20/h2-7,10H,8-9H2,1H3,(H,16,18)(H2,15,19,20). The van der Waals surface area contributed by atoms with Gasteiger partial charge in [-0.2, -0.15) is 0 Å². The van der Waals surface area contributed by atoms with Gasteiger partial charge < -0.3 is 9.88 Å². The summed E-state index contributed by atoms with van der Waals surface area (Å²) in [5.74, 6) is -0.0864. The molecule has 2 aromatic rings. The first-order valence-corrected chi connectivity index (χ1v) is 7.88. The van der Waals surface area contributed by atoms with Crippen LogP contribution in [-0.2, 0) is 34.8 Å². The summed E-state index contributed by atoms with van der Waals surface area (Å²) < 4.78 is 24.1. The number of primary sulfonamides is 1. The maximum Gasteiger partial charge on any atom is 0.238 e. The van der Waals surface area contributed by atoms with Gasteiger partial charge in [-0.3, -0.25) is 4.79 Å². The molecular formula is C14H17N3O3S. The number of aryl methyl sites for hydroxylation is 1. The predicted octanol–water partition coefficient (Wildman–Crippen LogP) is 0.531. The van der Waals surface area contributed by atoms with E-state index in [1.165, 1.54) is 12.1 Å². The minimum absolute atomic E-state index is 0.0573. The van der Waals surface area contributed by atoms with E-state index < -0.39 is 10.0 Å². The second-order valence-corrected chi connectivity index (χ2v) is 6.39. The van der Waals surface area contributed by atoms with Crippen LogP contribution in [-0.4, -0.2) is 18.9 Å². The van der Waals surface area contributed by atoms with Crippen molar-refractivity contribution in [3.8, 4) is 0 Å². The Hall–Kier alpha value is -2.12. The molecule has 0 aliphatic heterocycles. The van der Waals surface area contributed by atoms with Crippen LogP contribution in [0.5, 0.6) is 0 Å². The Labute approximate surface area is 123 Å². The SMILES string of the molecule is Cn1ccc(CC(=O)NCc2ccc(S(N)(=O)=O)cc2)c1. The van der Waals surface area contributed by atoms with E-state index in [2.05, 4.69) is 5.32 Å². The first-order valence-electron chi connectivity index (χ1n) is 6.34. The summed E-state index contributed by atoms with van der Waals surface area (Å²) in [6.45, 7) is 0.344. The molecule has 0 fully saturated rings. The van der Waals surface area contributed by atoms with E-state index in [1.54, 1.807) is 12.1 Å². The monoisotopic (exact) mass is 307 g/mol. The van der Waals surface area contributed by atoms with E-state index in [0.29, 0.717) is 13.0 Å². The second kappa shape index (κ2) is 6.11. The van der Waals surface area contributed by atoms with Gasteiger partial charge >= 0.3 is 0 Å². The number of sulfonamides is 1. The molecule has 1 amide bonds. The van der Waals surface area contributed by atoms with Crippen LogP contribution < -0.4 is 10.5 Å². The van der Waals surface area contributed by atoms with Crippen LogP contribution in [0.2, 0.25) is 0 Å². The van der Waals surface area contributed by atoms with Crippen molar-refractivity contribution in [3.63, 3.8) is 0 Å². The highest BCUT2D eigenvalue weighted by molar-refractivity contribution is 7.89. The lowest BCUT2D eigenvalue weighted by Crippen LogP contribution is -2.24. The lowest BCUT2D eigenvalue weighted by molar-refractivity contribution is -0.120. The molecule has 1 aromatic heterocycles. The molecule has 0 radical (unpaired) electrons. The molecule has 0 saturated carbocycles. The maximum absolute atomic E-state index is 11.8. The summed E-state index contributed by atoms with van der Waals surface area (Å²) in [4.78, 5) is 11.8. The molecule has 3 N–H and O–H groups in total. The van der Waals surface area contributed by atoms with Gasteiger partial charge in [-0.25, -0.2) is 13.6 Å². The molecule has 7 heteroatoms. The van der Waals surface area contributed by atoms with Gasteiger partial charge in [0.2, 0.25) is 15.9 Å². The number of nitrogens with one attached hydrogen (secondary N) is 1. The van der Waals surface area contributed by atoms with Gasteiger partial charge in [0.05, 0.1) is 11.3 Å². The van der Waals surface area contributed by atoms with Crippen LogP contribution in [0.3, 0.4) is 0 Å². The van der Waals surface area contributed by atoms with Crippen LogP contribution in [0.1, 0.15) is 11.1 Å². The quantitative estimate of drug-likeness (QED) is 0.843. The lowest BCUT2D eigenvalue weighted by Gasteiger charge is -2.05. The lowest BCUT2D eigenvalue weighted by atomic mass is 10.2. The molecule has 1 heterocycles. The van der Waals surface area contributed by atoms with Crippen molar-refractivity contribution in [2.24, 2.45) is 12.2 Å². The third-order valence-electron chi connectivity index (χ3n) is 3.00. The number of hydrogen-bond acceptors (Lipinski definition) is 3. The van der Waals surface area contributed by atoms with Crippen LogP contribution in [0.25, 0.3) is 0 Å². The summed E-state index contributed by atoms with van der Waals surface area (Å²) >= 11 is 0. The normalized spacial score (nSPS) is 11.3. The Kier molecular flexibility index (Phi) is 4.44. The fourth-order valence-corrected chi connectivity index (χ4v) is 2.43. The minimum atomic E-state index is -3.68. The van der Waals surface area contributed by atoms with Crippen LogP contribution in [0.4, 0.5) is 0 Å². The molecule has 0 spiro atoms. The van der Waals surface area contributed by atoms with E-state index in [9.17, 15) is 13.2 Å². The summed E-state index contributed by atoms with van der Waals surface area (Å²) in [5, 5.41) is 7.80. The third-order valence-corrected chi connectivity index (χ3v) is 3.93. The Balaban J connectivity index is 1.89. The van der Waals surface area contributed by atoms with Crippen molar-refractivity contribution >= 4 is 15.9 Å². The summed E-state index contributed by atoms with van der Waals surface area (Å²) in [6.07, 6.45) is 4.09. The maximum atomic E-state index is 11.8. The highest BCUT2D eigenvalue weighted by atomic mass is 32.2. The van der Waals surface area contributed by atoms with Gasteiger partial charge in [0, 0.05) is 26.0 Å². The highest BCUT2D eigenvalue weighted by Crippen LogP contribution is 2.08. The summed E-state index contributed by atoms with van der Waals surface area (Å²) in [7, 11) is -1.78. The van der Waals surface area contributed by atoms with Gasteiger partial charge in [-0.15, -0.1) is 0 Å². The fourth-order valence-electron chi connectivity index (χ4n) is 1.91. The van der Waals surface area contributed by atoms with Gasteiger partial charge in [-0.1, -0.05) is 12.1 Å². The van der Waals surface area contributed by atoms with E-state index in [1.807, 2.05) is 30.1 Å². The number of amides is 1. The van der Waals surface area contributed by atoms with Crippen molar-refractivity contribution in [2.45, 2.75) is 17.9 Å². The van der Waals surface area contributed by atoms with Gasteiger partial charge in [0.25, 0.3) is 0 Å². The number of rotatable bonds is 5. The molecule has 0 aliphatic rings. The third kappa shape index (κ3) is 4.44. The average molecular weight is 307 g/mol. The van der Waals surface area contributed by atoms with E-state index in [-0.39, 0.29) is 10.8 Å². The first kappa shape index (κ1) is 15.3. The molecule has 0 saturated heterocycles. The predicted molar refractivity (Wildman–Crippen MR) is 78.8 cm³/mol. The number of benzene rings is 1. The van der Waals surface area contributed by atoms with Gasteiger partial charge in [0.1, 0.15) is 0 Å². The molecule has 21 heavy (non-hydrogen) atoms. The molecule has 0 atom stereocenters. The Morgan fingerprint density at radius 3 is 2.38 bits per heavy atom. The fraction of sp³-hybridized carbons (Fsp3) is 0.214. The first-order chi connectivity index (χ1) is 9.84. The Bertz CT molecular complexity index is 733. The highest BCUT2D eigenvalue weighted by Gasteiger charge is 2.08. The topological polar surface area (TPSA) is 94.2 Å². The number of hydrogen-bond donors (Lipinski definition) is 2. The minimum Gasteiger partial charge on any atom is -0.357 e. The molecule has 112 valence electrons. The Morgan fingerprint density at radius 2 is 1.86 bits per heavy atom. The molecule has 1 aromatic carbocycles. The average Bonchev–Trinajstić information content (AvgIpc) is 2.81. The zero-order valence-electron chi connectivity index (χ0n) is 11.6. The van der Waals surface area contributed by atoms with Crippen molar-refractivity contribution in [1.82, 2.24) is 9.88 Å². The summed E-state index contributed by atoms with van der Waals surface area (Å²) in [5.41, 5.74) is 1.75. The van der Waals surface area contributed by atoms with Crippen molar-refractivity contribution < 1.29 is 13.2 Å². The van der Waals surface area contributed by atoms with Crippen LogP contribution in [0, 0.1) is 0 Å². The largest absolute Gasteiger partial charge is 0.357 e. The molecule has 0 unspecified atom stereocenters. The Morgan fingerprint density at radius 1 is 1.19 bits per heavy atom. The molecule has 2 rings (SSSR count). The van der Waals surface area contributed by atoms with Crippen LogP contribution >= 0.6 is 0 Å². The van der Waals surface area contributed by atoms with Crippen molar-refractivity contribution in [3.05, 3.63) is 53.9 Å². The van der Waals surface area contributed by atoms with Crippen LogP contribution in [0.15, 0.2) is 47.6 Å². The van der Waals surface area contributed by atoms with Gasteiger partial charge in [-0.05, 0) is 29.3 Å². The van der Waals surface area contributed by atoms with Crippen molar-refractivity contribution in [2.75, 3.05) is 0 Å². The number of carbonyl (C=O) groups is 1. The zero-order chi connectivity index (χ0) is 15.5. The summed E-state index contributed by atoms with van der Waals surface area (Å²) in [6, 6.07) is 7.99. The second-order valence-electron chi connectivity index (χ2n) is 4.83. The van der Waals surface area contributed by atoms with E-state index in [0.717, 1.165) is 11.1 Å². The molecule has 0 bridgehead atoms. The zero-order valence-corrected chi connectivity index (χ0v) is 12.4. The number of aromatic nitrogens is 1. The van der Waals surface area contributed by atoms with E-state index in [4.69, 9.17) is 5.14 Å². The number of nitrogens with two attached hydrogens (primary N) is 1. The molecular weight excluding hydrogens is 290 g/mol.